The van der Waals surface area contributed by atoms with Gasteiger partial charge in [-0.1, -0.05) is 66.7 Å². The number of anilines is 1. The van der Waals surface area contributed by atoms with Gasteiger partial charge >= 0.3 is 5.97 Å². The zero-order valence-electron chi connectivity index (χ0n) is 20.7. The summed E-state index contributed by atoms with van der Waals surface area (Å²) in [5.74, 6) is -0.459. The Kier molecular flexibility index (Phi) is 7.45. The van der Waals surface area contributed by atoms with Crippen molar-refractivity contribution in [2.24, 2.45) is 0 Å². The molecule has 7 nitrogen and oxygen atoms in total. The fourth-order valence-electron chi connectivity index (χ4n) is 4.35. The Morgan fingerprint density at radius 3 is 2.37 bits per heavy atom. The molecule has 0 saturated carbocycles. The van der Waals surface area contributed by atoms with Crippen molar-refractivity contribution in [1.82, 2.24) is 9.55 Å². The van der Waals surface area contributed by atoms with Gasteiger partial charge in [-0.15, -0.1) is 0 Å². The van der Waals surface area contributed by atoms with Crippen molar-refractivity contribution in [2.75, 3.05) is 11.9 Å². The van der Waals surface area contributed by atoms with E-state index in [1.807, 2.05) is 65.5 Å². The molecule has 0 bridgehead atoms. The molecule has 0 saturated heterocycles. The quantitative estimate of drug-likeness (QED) is 0.232. The summed E-state index contributed by atoms with van der Waals surface area (Å²) in [6.45, 7) is 1.14. The minimum atomic E-state index is -1.00. The van der Waals surface area contributed by atoms with Crippen LogP contribution in [0.3, 0.4) is 0 Å². The molecule has 0 amide bonds. The molecule has 4 aromatic carbocycles. The Balaban J connectivity index is 1.22. The minimum absolute atomic E-state index is 0.164. The lowest BCUT2D eigenvalue weighted by Gasteiger charge is -2.18. The second-order valence-electron chi connectivity index (χ2n) is 8.90. The molecule has 5 aromatic rings. The number of carboxylic acid groups (broad SMARTS) is 1. The largest absolute Gasteiger partial charge is 0.492 e. The lowest BCUT2D eigenvalue weighted by atomic mass is 10.00. The van der Waals surface area contributed by atoms with E-state index >= 15 is 0 Å². The number of imidazole rings is 1. The molecule has 190 valence electrons. The number of ether oxygens (including phenoxy) is 1. The zero-order chi connectivity index (χ0) is 26.3. The Morgan fingerprint density at radius 2 is 1.58 bits per heavy atom. The zero-order valence-corrected chi connectivity index (χ0v) is 20.7. The first-order valence-electron chi connectivity index (χ1n) is 12.4. The van der Waals surface area contributed by atoms with Crippen LogP contribution in [0.2, 0.25) is 0 Å². The maximum Gasteiger partial charge on any atom is 0.326 e. The number of hydrogen-bond acceptors (Lipinski definition) is 5. The maximum atomic E-state index is 13.0. The SMILES string of the molecule is O=C(c1ccccc1)c1ccccc1N[C@@H](Cc1ccc(OCCn2cnc3ccccc32)cc1)C(=O)O. The smallest absolute Gasteiger partial charge is 0.326 e. The van der Waals surface area contributed by atoms with E-state index in [1.54, 1.807) is 48.5 Å². The maximum absolute atomic E-state index is 13.0. The highest BCUT2D eigenvalue weighted by molar-refractivity contribution is 6.12. The average Bonchev–Trinajstić information content (AvgIpc) is 3.37. The number of ketones is 1. The van der Waals surface area contributed by atoms with E-state index in [9.17, 15) is 14.7 Å². The van der Waals surface area contributed by atoms with Gasteiger partial charge in [0.15, 0.2) is 5.78 Å². The van der Waals surface area contributed by atoms with Gasteiger partial charge in [0.1, 0.15) is 18.4 Å². The van der Waals surface area contributed by atoms with Gasteiger partial charge in [0.2, 0.25) is 0 Å². The van der Waals surface area contributed by atoms with Crippen LogP contribution in [0.25, 0.3) is 11.0 Å². The van der Waals surface area contributed by atoms with Crippen molar-refractivity contribution >= 4 is 28.5 Å². The molecule has 1 heterocycles. The lowest BCUT2D eigenvalue weighted by Crippen LogP contribution is -2.32. The normalized spacial score (nSPS) is 11.7. The van der Waals surface area contributed by atoms with E-state index in [0.717, 1.165) is 16.6 Å². The van der Waals surface area contributed by atoms with Crippen LogP contribution in [-0.2, 0) is 17.8 Å². The molecule has 0 aliphatic rings. The molecule has 7 heteroatoms. The summed E-state index contributed by atoms with van der Waals surface area (Å²) in [6.07, 6.45) is 2.05. The average molecular weight is 506 g/mol. The van der Waals surface area contributed by atoms with Gasteiger partial charge < -0.3 is 19.7 Å². The lowest BCUT2D eigenvalue weighted by molar-refractivity contribution is -0.137. The van der Waals surface area contributed by atoms with Gasteiger partial charge in [-0.3, -0.25) is 4.79 Å². The Labute approximate surface area is 220 Å². The van der Waals surface area contributed by atoms with E-state index in [2.05, 4.69) is 10.3 Å². The number of aliphatic carboxylic acids is 1. The molecule has 0 spiro atoms. The van der Waals surface area contributed by atoms with Gasteiger partial charge in [0.25, 0.3) is 0 Å². The molecule has 1 aromatic heterocycles. The van der Waals surface area contributed by atoms with Crippen LogP contribution in [0.5, 0.6) is 5.75 Å². The monoisotopic (exact) mass is 505 g/mol. The second-order valence-corrected chi connectivity index (χ2v) is 8.90. The third-order valence-corrected chi connectivity index (χ3v) is 6.33. The van der Waals surface area contributed by atoms with Crippen LogP contribution in [0, 0.1) is 0 Å². The van der Waals surface area contributed by atoms with E-state index in [0.29, 0.717) is 35.7 Å². The number of nitrogens with one attached hydrogen (secondary N) is 1. The number of nitrogens with zero attached hydrogens (tertiary/aromatic N) is 2. The van der Waals surface area contributed by atoms with Crippen LogP contribution in [-0.4, -0.2) is 39.1 Å². The molecule has 1 atom stereocenters. The standard InChI is InChI=1S/C31H27N3O4/c35-30(23-8-2-1-3-9-23)25-10-4-5-11-26(25)33-28(31(36)37)20-22-14-16-24(17-15-22)38-19-18-34-21-32-27-12-6-7-13-29(27)34/h1-17,21,28,33H,18-20H2,(H,36,37)/t28-/m0/s1. The molecule has 0 aliphatic carbocycles. The minimum Gasteiger partial charge on any atom is -0.492 e. The van der Waals surface area contributed by atoms with Gasteiger partial charge in [0.05, 0.1) is 23.9 Å². The Morgan fingerprint density at radius 1 is 0.868 bits per heavy atom. The Bertz CT molecular complexity index is 1540. The van der Waals surface area contributed by atoms with Crippen molar-refractivity contribution < 1.29 is 19.4 Å². The number of para-hydroxylation sites is 3. The number of fused-ring (bicyclic) bond motifs is 1. The van der Waals surface area contributed by atoms with Crippen LogP contribution < -0.4 is 10.1 Å². The van der Waals surface area contributed by atoms with E-state index in [1.165, 1.54) is 0 Å². The van der Waals surface area contributed by atoms with Crippen molar-refractivity contribution in [2.45, 2.75) is 19.0 Å². The summed E-state index contributed by atoms with van der Waals surface area (Å²) in [5, 5.41) is 13.0. The topological polar surface area (TPSA) is 93.5 Å². The molecule has 5 rings (SSSR count). The molecule has 0 fully saturated rings. The highest BCUT2D eigenvalue weighted by atomic mass is 16.5. The summed E-state index contributed by atoms with van der Waals surface area (Å²) >= 11 is 0. The third-order valence-electron chi connectivity index (χ3n) is 6.33. The first-order chi connectivity index (χ1) is 18.6. The number of rotatable bonds is 11. The second kappa shape index (κ2) is 11.4. The molecular formula is C31H27N3O4. The van der Waals surface area contributed by atoms with E-state index in [4.69, 9.17) is 4.74 Å². The van der Waals surface area contributed by atoms with Gasteiger partial charge in [0, 0.05) is 23.2 Å². The predicted octanol–water partition coefficient (Wildman–Crippen LogP) is 5.45. The number of hydrogen-bond donors (Lipinski definition) is 2. The van der Waals surface area contributed by atoms with Crippen LogP contribution in [0.1, 0.15) is 21.5 Å². The van der Waals surface area contributed by atoms with Crippen LogP contribution in [0.15, 0.2) is 109 Å². The van der Waals surface area contributed by atoms with Crippen molar-refractivity contribution in [3.05, 3.63) is 126 Å². The van der Waals surface area contributed by atoms with Gasteiger partial charge in [-0.05, 0) is 42.0 Å². The number of carbonyl (C=O) groups is 2. The van der Waals surface area contributed by atoms with Crippen LogP contribution >= 0.6 is 0 Å². The molecule has 0 aliphatic heterocycles. The van der Waals surface area contributed by atoms with Gasteiger partial charge in [-0.25, -0.2) is 9.78 Å². The van der Waals surface area contributed by atoms with E-state index in [-0.39, 0.29) is 12.2 Å². The number of carbonyl (C=O) groups excluding carboxylic acids is 1. The number of carboxylic acids is 1. The highest BCUT2D eigenvalue weighted by Gasteiger charge is 2.21. The molecule has 2 N–H and O–H groups in total. The summed E-state index contributed by atoms with van der Waals surface area (Å²) in [5.41, 5.74) is 4.31. The first-order valence-corrected chi connectivity index (χ1v) is 12.4. The molecule has 0 radical (unpaired) electrons. The summed E-state index contributed by atoms with van der Waals surface area (Å²) in [4.78, 5) is 29.5. The molecule has 38 heavy (non-hydrogen) atoms. The molecular weight excluding hydrogens is 478 g/mol. The third kappa shape index (κ3) is 5.73. The van der Waals surface area contributed by atoms with E-state index < -0.39 is 12.0 Å². The number of benzene rings is 4. The first kappa shape index (κ1) is 24.8. The highest BCUT2D eigenvalue weighted by Crippen LogP contribution is 2.22. The number of aromatic nitrogens is 2. The predicted molar refractivity (Wildman–Crippen MR) is 147 cm³/mol. The summed E-state index contributed by atoms with van der Waals surface area (Å²) in [6, 6.07) is 30.4. The summed E-state index contributed by atoms with van der Waals surface area (Å²) in [7, 11) is 0. The fraction of sp³-hybridized carbons (Fsp3) is 0.129. The van der Waals surface area contributed by atoms with Crippen molar-refractivity contribution in [1.29, 1.82) is 0 Å². The molecule has 0 unspecified atom stereocenters. The fourth-order valence-corrected chi connectivity index (χ4v) is 4.35. The Hall–Kier alpha value is -4.91. The van der Waals surface area contributed by atoms with Crippen molar-refractivity contribution in [3.63, 3.8) is 0 Å². The summed E-state index contributed by atoms with van der Waals surface area (Å²) < 4.78 is 7.95. The van der Waals surface area contributed by atoms with Crippen LogP contribution in [0.4, 0.5) is 5.69 Å². The van der Waals surface area contributed by atoms with Crippen molar-refractivity contribution in [3.8, 4) is 5.75 Å². The van der Waals surface area contributed by atoms with Gasteiger partial charge in [-0.2, -0.15) is 0 Å².